The summed E-state index contributed by atoms with van der Waals surface area (Å²) in [4.78, 5) is 4.64. The van der Waals surface area contributed by atoms with Crippen LogP contribution in [0.2, 0.25) is 10.0 Å². The third kappa shape index (κ3) is 3.78. The van der Waals surface area contributed by atoms with E-state index < -0.39 is 7.12 Å². The molecule has 4 nitrogen and oxygen atoms in total. The van der Waals surface area contributed by atoms with Crippen molar-refractivity contribution in [1.82, 2.24) is 4.98 Å². The normalized spacial score (nSPS) is 10.3. The van der Waals surface area contributed by atoms with Gasteiger partial charge in [0.1, 0.15) is 0 Å². The van der Waals surface area contributed by atoms with Gasteiger partial charge in [0.2, 0.25) is 0 Å². The summed E-state index contributed by atoms with van der Waals surface area (Å²) < 4.78 is 3.03. The minimum Gasteiger partial charge on any atom is -0.423 e. The molecule has 0 unspecified atom stereocenters. The highest BCUT2D eigenvalue weighted by Gasteiger charge is 2.12. The van der Waals surface area contributed by atoms with Gasteiger partial charge >= 0.3 is 7.12 Å². The maximum Gasteiger partial charge on any atom is 0.490 e. The Hall–Kier alpha value is -0.915. The first-order chi connectivity index (χ1) is 9.08. The standard InChI is InChI=1S/C11H9BCl2N2O2S/c13-9-2-1-3-10(11(9)14)16-19-8-4-7(12(17)18)5-15-6-8/h1-6,16-18H. The molecule has 0 saturated heterocycles. The molecule has 0 radical (unpaired) electrons. The van der Waals surface area contributed by atoms with Gasteiger partial charge in [-0.05, 0) is 30.1 Å². The maximum absolute atomic E-state index is 9.06. The summed E-state index contributed by atoms with van der Waals surface area (Å²) in [6.45, 7) is 0. The van der Waals surface area contributed by atoms with Gasteiger partial charge in [0.05, 0.1) is 15.7 Å². The number of rotatable bonds is 4. The van der Waals surface area contributed by atoms with Crippen LogP contribution in [0.4, 0.5) is 5.69 Å². The lowest BCUT2D eigenvalue weighted by Gasteiger charge is -2.08. The van der Waals surface area contributed by atoms with Crippen LogP contribution in [0.5, 0.6) is 0 Å². The van der Waals surface area contributed by atoms with E-state index in [1.54, 1.807) is 30.5 Å². The van der Waals surface area contributed by atoms with E-state index in [9.17, 15) is 0 Å². The minimum atomic E-state index is -1.54. The lowest BCUT2D eigenvalue weighted by molar-refractivity contribution is 0.425. The predicted molar refractivity (Wildman–Crippen MR) is 80.0 cm³/mol. The molecule has 0 spiro atoms. The third-order valence-electron chi connectivity index (χ3n) is 2.26. The highest BCUT2D eigenvalue weighted by Crippen LogP contribution is 2.32. The molecular weight excluding hydrogens is 306 g/mol. The van der Waals surface area contributed by atoms with Crippen LogP contribution in [0, 0.1) is 0 Å². The summed E-state index contributed by atoms with van der Waals surface area (Å²) in [6, 6.07) is 6.89. The van der Waals surface area contributed by atoms with Crippen molar-refractivity contribution in [3.8, 4) is 0 Å². The second-order valence-electron chi connectivity index (χ2n) is 3.63. The Labute approximate surface area is 125 Å². The second kappa shape index (κ2) is 6.50. The van der Waals surface area contributed by atoms with Gasteiger partial charge in [0, 0.05) is 22.8 Å². The number of nitrogens with zero attached hydrogens (tertiary/aromatic N) is 1. The Morgan fingerprint density at radius 3 is 2.74 bits per heavy atom. The van der Waals surface area contributed by atoms with E-state index in [2.05, 4.69) is 9.71 Å². The van der Waals surface area contributed by atoms with E-state index in [1.807, 2.05) is 0 Å². The molecule has 2 rings (SSSR count). The lowest BCUT2D eigenvalue weighted by atomic mass is 9.82. The molecule has 0 aliphatic heterocycles. The summed E-state index contributed by atoms with van der Waals surface area (Å²) in [5.74, 6) is 0. The molecule has 19 heavy (non-hydrogen) atoms. The van der Waals surface area contributed by atoms with Crippen LogP contribution in [-0.2, 0) is 0 Å². The highest BCUT2D eigenvalue weighted by molar-refractivity contribution is 8.00. The smallest absolute Gasteiger partial charge is 0.423 e. The average Bonchev–Trinajstić information content (AvgIpc) is 2.41. The molecule has 1 heterocycles. The van der Waals surface area contributed by atoms with E-state index in [1.165, 1.54) is 18.1 Å². The summed E-state index contributed by atoms with van der Waals surface area (Å²) in [5, 5.41) is 19.0. The van der Waals surface area contributed by atoms with Crippen LogP contribution in [0.3, 0.4) is 0 Å². The number of halogens is 2. The summed E-state index contributed by atoms with van der Waals surface area (Å²) in [5.41, 5.74) is 0.998. The molecular formula is C11H9BCl2N2O2S. The van der Waals surface area contributed by atoms with Crippen molar-refractivity contribution in [1.29, 1.82) is 0 Å². The number of hydrogen-bond donors (Lipinski definition) is 3. The second-order valence-corrected chi connectivity index (χ2v) is 5.30. The number of anilines is 1. The van der Waals surface area contributed by atoms with E-state index >= 15 is 0 Å². The van der Waals surface area contributed by atoms with E-state index in [4.69, 9.17) is 33.2 Å². The molecule has 0 aliphatic carbocycles. The number of benzene rings is 1. The van der Waals surface area contributed by atoms with Crippen LogP contribution in [0.25, 0.3) is 0 Å². The maximum atomic E-state index is 9.06. The first kappa shape index (κ1) is 14.5. The minimum absolute atomic E-state index is 0.323. The summed E-state index contributed by atoms with van der Waals surface area (Å²) in [6.07, 6.45) is 2.99. The molecule has 98 valence electrons. The summed E-state index contributed by atoms with van der Waals surface area (Å²) in [7, 11) is -1.54. The zero-order chi connectivity index (χ0) is 13.8. The van der Waals surface area contributed by atoms with Crippen LogP contribution < -0.4 is 10.2 Å². The van der Waals surface area contributed by atoms with Crippen molar-refractivity contribution in [2.24, 2.45) is 0 Å². The van der Waals surface area contributed by atoms with E-state index in [0.717, 1.165) is 4.90 Å². The van der Waals surface area contributed by atoms with Crippen molar-refractivity contribution < 1.29 is 10.0 Å². The number of pyridine rings is 1. The monoisotopic (exact) mass is 314 g/mol. The van der Waals surface area contributed by atoms with Gasteiger partial charge < -0.3 is 14.8 Å². The first-order valence-corrected chi connectivity index (χ1v) is 6.83. The third-order valence-corrected chi connectivity index (χ3v) is 3.86. The Kier molecular flexibility index (Phi) is 4.96. The predicted octanol–water partition coefficient (Wildman–Crippen LogP) is 2.19. The fourth-order valence-electron chi connectivity index (χ4n) is 1.33. The molecule has 0 atom stereocenters. The Morgan fingerprint density at radius 2 is 2.00 bits per heavy atom. The fourth-order valence-corrected chi connectivity index (χ4v) is 2.44. The summed E-state index contributed by atoms with van der Waals surface area (Å²) >= 11 is 13.2. The lowest BCUT2D eigenvalue weighted by Crippen LogP contribution is -2.30. The molecule has 2 aromatic rings. The average molecular weight is 315 g/mol. The Balaban J connectivity index is 2.10. The molecule has 0 amide bonds. The SMILES string of the molecule is OB(O)c1cncc(SNc2cccc(Cl)c2Cl)c1. The van der Waals surface area contributed by atoms with Crippen LogP contribution in [-0.4, -0.2) is 22.2 Å². The van der Waals surface area contributed by atoms with E-state index in [-0.39, 0.29) is 0 Å². The van der Waals surface area contributed by atoms with Crippen LogP contribution >= 0.6 is 35.1 Å². The fraction of sp³-hybridized carbons (Fsp3) is 0. The van der Waals surface area contributed by atoms with Gasteiger partial charge in [0.25, 0.3) is 0 Å². The molecule has 3 N–H and O–H groups in total. The van der Waals surface area contributed by atoms with Gasteiger partial charge in [-0.3, -0.25) is 4.98 Å². The van der Waals surface area contributed by atoms with Crippen molar-refractivity contribution in [2.75, 3.05) is 4.72 Å². The first-order valence-electron chi connectivity index (χ1n) is 5.26. The molecule has 0 aliphatic rings. The highest BCUT2D eigenvalue weighted by atomic mass is 35.5. The zero-order valence-electron chi connectivity index (χ0n) is 9.55. The van der Waals surface area contributed by atoms with Gasteiger partial charge in [0.15, 0.2) is 0 Å². The molecule has 0 bridgehead atoms. The number of hydrogen-bond acceptors (Lipinski definition) is 5. The number of aromatic nitrogens is 1. The van der Waals surface area contributed by atoms with Gasteiger partial charge in [-0.2, -0.15) is 0 Å². The van der Waals surface area contributed by atoms with Crippen molar-refractivity contribution in [3.63, 3.8) is 0 Å². The van der Waals surface area contributed by atoms with E-state index in [0.29, 0.717) is 21.2 Å². The molecule has 0 fully saturated rings. The van der Waals surface area contributed by atoms with Crippen LogP contribution in [0.1, 0.15) is 0 Å². The van der Waals surface area contributed by atoms with Gasteiger partial charge in [-0.25, -0.2) is 0 Å². The van der Waals surface area contributed by atoms with Gasteiger partial charge in [-0.1, -0.05) is 29.3 Å². The van der Waals surface area contributed by atoms with Crippen molar-refractivity contribution in [2.45, 2.75) is 4.90 Å². The largest absolute Gasteiger partial charge is 0.490 e. The molecule has 1 aromatic heterocycles. The number of nitrogens with one attached hydrogen (secondary N) is 1. The zero-order valence-corrected chi connectivity index (χ0v) is 11.9. The molecule has 1 aromatic carbocycles. The Bertz CT molecular complexity index is 586. The quantitative estimate of drug-likeness (QED) is 0.596. The Morgan fingerprint density at radius 1 is 1.21 bits per heavy atom. The molecule has 0 saturated carbocycles. The van der Waals surface area contributed by atoms with Gasteiger partial charge in [-0.15, -0.1) is 0 Å². The van der Waals surface area contributed by atoms with Crippen LogP contribution in [0.15, 0.2) is 41.6 Å². The van der Waals surface area contributed by atoms with Crippen molar-refractivity contribution in [3.05, 3.63) is 46.7 Å². The topological polar surface area (TPSA) is 65.4 Å². The van der Waals surface area contributed by atoms with Crippen molar-refractivity contribution >= 4 is 53.4 Å². The molecule has 8 heteroatoms.